The molecule has 6 fully saturated rings. The summed E-state index contributed by atoms with van der Waals surface area (Å²) in [6.45, 7) is 15.2. The third-order valence-corrected chi connectivity index (χ3v) is 14.3. The molecule has 0 aromatic carbocycles. The summed E-state index contributed by atoms with van der Waals surface area (Å²) in [7, 11) is 0. The van der Waals surface area contributed by atoms with Crippen molar-refractivity contribution in [3.63, 3.8) is 0 Å². The number of aromatic nitrogens is 12. The van der Waals surface area contributed by atoms with Gasteiger partial charge in [-0.1, -0.05) is 0 Å². The summed E-state index contributed by atoms with van der Waals surface area (Å²) in [6.07, 6.45) is -1.72. The lowest BCUT2D eigenvalue weighted by molar-refractivity contribution is -0.142. The van der Waals surface area contributed by atoms with Gasteiger partial charge in [-0.3, -0.25) is 0 Å². The Kier molecular flexibility index (Phi) is 10.7. The molecular weight excluding hydrogens is 899 g/mol. The van der Waals surface area contributed by atoms with Gasteiger partial charge in [0.2, 0.25) is 0 Å². The second kappa shape index (κ2) is 16.3. The van der Waals surface area contributed by atoms with Gasteiger partial charge in [0.15, 0.2) is 11.3 Å². The fourth-order valence-corrected chi connectivity index (χ4v) is 10.5. The van der Waals surface area contributed by atoms with Crippen LogP contribution in [0.1, 0.15) is 72.2 Å². The molecule has 0 bridgehead atoms. The summed E-state index contributed by atoms with van der Waals surface area (Å²) in [6, 6.07) is 2.50. The Morgan fingerprint density at radius 2 is 0.853 bits per heavy atom. The van der Waals surface area contributed by atoms with E-state index in [1.165, 1.54) is 13.8 Å². The molecule has 0 amide bonds. The molecular formula is C44H50F6N16O2. The first kappa shape index (κ1) is 44.5. The van der Waals surface area contributed by atoms with Gasteiger partial charge in [0.1, 0.15) is 69.4 Å². The second-order valence-corrected chi connectivity index (χ2v) is 19.2. The van der Waals surface area contributed by atoms with Crippen LogP contribution in [0.5, 0.6) is 0 Å². The molecule has 12 heterocycles. The molecule has 2 atom stereocenters. The monoisotopic (exact) mass is 948 g/mol. The fourth-order valence-electron chi connectivity index (χ4n) is 10.5. The van der Waals surface area contributed by atoms with E-state index in [1.54, 1.807) is 12.4 Å². The van der Waals surface area contributed by atoms with E-state index in [2.05, 4.69) is 49.9 Å². The van der Waals surface area contributed by atoms with Crippen molar-refractivity contribution in [2.45, 2.75) is 77.8 Å². The molecule has 6 aliphatic heterocycles. The van der Waals surface area contributed by atoms with Gasteiger partial charge < -0.3 is 29.1 Å². The average Bonchev–Trinajstić information content (AvgIpc) is 4.13. The number of halogens is 6. The number of rotatable bonds is 6. The van der Waals surface area contributed by atoms with Crippen molar-refractivity contribution in [3.05, 3.63) is 59.0 Å². The SMILES string of the molecule is Cc1nc(N2CCC3(CCN(c4cnc5c(C)nn(C6COC6)c5n4)C3)C2)cc(C(F)(F)F)n1.Cc1nc(N2CC[C@@]3(CCN(c4cnc5c(C)nn(C6COC6)c5n4)C3)C2)cc(C(F)(F)F)n1. The van der Waals surface area contributed by atoms with E-state index >= 15 is 0 Å². The number of anilines is 4. The van der Waals surface area contributed by atoms with Crippen LogP contribution >= 0.6 is 0 Å². The van der Waals surface area contributed by atoms with E-state index in [-0.39, 0.29) is 34.6 Å². The van der Waals surface area contributed by atoms with Gasteiger partial charge in [-0.15, -0.1) is 0 Å². The molecule has 6 aliphatic rings. The minimum Gasteiger partial charge on any atom is -0.377 e. The molecule has 2 spiro atoms. The molecule has 0 N–H and O–H groups in total. The van der Waals surface area contributed by atoms with Gasteiger partial charge >= 0.3 is 12.4 Å². The maximum Gasteiger partial charge on any atom is 0.433 e. The van der Waals surface area contributed by atoms with Crippen LogP contribution in [0.15, 0.2) is 24.5 Å². The largest absolute Gasteiger partial charge is 0.433 e. The highest BCUT2D eigenvalue weighted by Crippen LogP contribution is 2.44. The minimum absolute atomic E-state index is 0.0220. The summed E-state index contributed by atoms with van der Waals surface area (Å²) in [4.78, 5) is 43.2. The van der Waals surface area contributed by atoms with Crippen LogP contribution in [0.25, 0.3) is 22.3 Å². The first-order chi connectivity index (χ1) is 32.4. The van der Waals surface area contributed by atoms with Crippen LogP contribution in [0, 0.1) is 38.5 Å². The fraction of sp³-hybridized carbons (Fsp3) is 0.591. The molecule has 68 heavy (non-hydrogen) atoms. The molecule has 1 unspecified atom stereocenters. The van der Waals surface area contributed by atoms with Crippen LogP contribution in [-0.2, 0) is 21.8 Å². The minimum atomic E-state index is -4.49. The molecule has 0 radical (unpaired) electrons. The standard InChI is InChI=1S/2C22H25F3N8O/c2*1-13-19-20(33(30-13)15-9-34-10-15)29-18(8-26-19)32-6-4-21(12-32)3-5-31(11-21)17-7-16(22(23,24)25)27-14(2)28-17/h2*7-8,15H,3-6,9-12H2,1-2H3/t21-;/m1./s1. The topological polar surface area (TPSA) is 170 Å². The predicted molar refractivity (Wildman–Crippen MR) is 236 cm³/mol. The van der Waals surface area contributed by atoms with Crippen molar-refractivity contribution in [2.75, 3.05) is 98.4 Å². The van der Waals surface area contributed by atoms with Gasteiger partial charge in [-0.05, 0) is 53.4 Å². The molecule has 0 aliphatic carbocycles. The Morgan fingerprint density at radius 3 is 1.18 bits per heavy atom. The molecule has 12 rings (SSSR count). The highest BCUT2D eigenvalue weighted by atomic mass is 19.4. The van der Waals surface area contributed by atoms with Crippen LogP contribution in [0.2, 0.25) is 0 Å². The maximum atomic E-state index is 13.2. The van der Waals surface area contributed by atoms with Crippen LogP contribution in [0.4, 0.5) is 49.6 Å². The predicted octanol–water partition coefficient (Wildman–Crippen LogP) is 5.86. The summed E-state index contributed by atoms with van der Waals surface area (Å²) in [5, 5.41) is 9.24. The van der Waals surface area contributed by atoms with E-state index in [9.17, 15) is 26.3 Å². The van der Waals surface area contributed by atoms with Crippen molar-refractivity contribution >= 4 is 45.6 Å². The van der Waals surface area contributed by atoms with Gasteiger partial charge in [0.05, 0.1) is 50.2 Å². The maximum absolute atomic E-state index is 13.2. The van der Waals surface area contributed by atoms with Crippen molar-refractivity contribution in [2.24, 2.45) is 10.8 Å². The summed E-state index contributed by atoms with van der Waals surface area (Å²) < 4.78 is 94.0. The lowest BCUT2D eigenvalue weighted by Gasteiger charge is -2.27. The molecule has 0 saturated carbocycles. The number of alkyl halides is 6. The quantitative estimate of drug-likeness (QED) is 0.182. The Bertz CT molecular complexity index is 2710. The number of ether oxygens (including phenoxy) is 2. The van der Waals surface area contributed by atoms with Crippen molar-refractivity contribution in [1.29, 1.82) is 0 Å². The van der Waals surface area contributed by atoms with Gasteiger partial charge in [0.25, 0.3) is 0 Å². The molecule has 6 saturated heterocycles. The zero-order valence-electron chi connectivity index (χ0n) is 38.0. The van der Waals surface area contributed by atoms with E-state index in [0.29, 0.717) is 64.2 Å². The number of hydrogen-bond donors (Lipinski definition) is 0. The molecule has 24 heteroatoms. The van der Waals surface area contributed by atoms with Gasteiger partial charge in [0, 0.05) is 75.3 Å². The number of fused-ring (bicyclic) bond motifs is 2. The van der Waals surface area contributed by atoms with Crippen LogP contribution in [0.3, 0.4) is 0 Å². The normalized spacial score (nSPS) is 23.4. The van der Waals surface area contributed by atoms with Crippen molar-refractivity contribution in [1.82, 2.24) is 59.4 Å². The summed E-state index contributed by atoms with van der Waals surface area (Å²) in [5.41, 5.74) is 3.02. The zero-order chi connectivity index (χ0) is 47.3. The number of nitrogens with zero attached hydrogens (tertiary/aromatic N) is 16. The lowest BCUT2D eigenvalue weighted by Crippen LogP contribution is -2.32. The van der Waals surface area contributed by atoms with E-state index in [0.717, 1.165) is 109 Å². The molecule has 18 nitrogen and oxygen atoms in total. The number of hydrogen-bond acceptors (Lipinski definition) is 16. The van der Waals surface area contributed by atoms with Crippen LogP contribution < -0.4 is 19.6 Å². The Hall–Kier alpha value is -6.04. The second-order valence-electron chi connectivity index (χ2n) is 19.2. The third-order valence-electron chi connectivity index (χ3n) is 14.3. The Morgan fingerprint density at radius 1 is 0.500 bits per heavy atom. The summed E-state index contributed by atoms with van der Waals surface area (Å²) in [5.74, 6) is 2.57. The average molecular weight is 949 g/mol. The first-order valence-corrected chi connectivity index (χ1v) is 22.9. The number of aryl methyl sites for hydroxylation is 4. The van der Waals surface area contributed by atoms with E-state index in [1.807, 2.05) is 33.0 Å². The molecule has 360 valence electrons. The smallest absolute Gasteiger partial charge is 0.377 e. The van der Waals surface area contributed by atoms with Crippen molar-refractivity contribution in [3.8, 4) is 0 Å². The molecule has 6 aromatic rings. The zero-order valence-corrected chi connectivity index (χ0v) is 38.0. The van der Waals surface area contributed by atoms with Gasteiger partial charge in [-0.25, -0.2) is 49.2 Å². The highest BCUT2D eigenvalue weighted by molar-refractivity contribution is 5.76. The Labute approximate surface area is 386 Å². The Balaban J connectivity index is 0.000000149. The third kappa shape index (κ3) is 8.15. The lowest BCUT2D eigenvalue weighted by atomic mass is 9.86. The molecule has 6 aromatic heterocycles. The van der Waals surface area contributed by atoms with Crippen LogP contribution in [-0.4, -0.2) is 138 Å². The van der Waals surface area contributed by atoms with Crippen molar-refractivity contribution < 1.29 is 35.8 Å². The van der Waals surface area contributed by atoms with E-state index < -0.39 is 23.7 Å². The summed E-state index contributed by atoms with van der Waals surface area (Å²) >= 11 is 0. The van der Waals surface area contributed by atoms with E-state index in [4.69, 9.17) is 19.4 Å². The highest BCUT2D eigenvalue weighted by Gasteiger charge is 2.47. The van der Waals surface area contributed by atoms with Gasteiger partial charge in [-0.2, -0.15) is 36.5 Å². The first-order valence-electron chi connectivity index (χ1n) is 22.9.